The maximum Gasteiger partial charge on any atom is 0.345 e. The summed E-state index contributed by atoms with van der Waals surface area (Å²) in [7, 11) is 0. The van der Waals surface area contributed by atoms with Gasteiger partial charge in [0.05, 0.1) is 0 Å². The Morgan fingerprint density at radius 3 is 2.20 bits per heavy atom. The topological polar surface area (TPSA) is 46.5 Å². The number of ether oxygens (including phenoxy) is 1. The molecule has 3 heteroatoms. The summed E-state index contributed by atoms with van der Waals surface area (Å²) in [6, 6.07) is 17.0. The average molecular weight is 270 g/mol. The van der Waals surface area contributed by atoms with Crippen molar-refractivity contribution in [2.24, 2.45) is 0 Å². The Kier molecular flexibility index (Phi) is 4.77. The van der Waals surface area contributed by atoms with E-state index in [1.165, 1.54) is 5.56 Å². The quantitative estimate of drug-likeness (QED) is 0.875. The summed E-state index contributed by atoms with van der Waals surface area (Å²) in [6.07, 6.45) is 0.460. The van der Waals surface area contributed by atoms with Crippen LogP contribution in [0.25, 0.3) is 0 Å². The Balaban J connectivity index is 2.07. The van der Waals surface area contributed by atoms with Crippen molar-refractivity contribution >= 4 is 5.97 Å². The maximum absolute atomic E-state index is 11.3. The van der Waals surface area contributed by atoms with Crippen molar-refractivity contribution < 1.29 is 14.6 Å². The summed E-state index contributed by atoms with van der Waals surface area (Å²) >= 11 is 0. The molecule has 0 bridgehead atoms. The lowest BCUT2D eigenvalue weighted by atomic mass is 10.0. The van der Waals surface area contributed by atoms with Gasteiger partial charge in [-0.15, -0.1) is 0 Å². The van der Waals surface area contributed by atoms with Gasteiger partial charge in [0.1, 0.15) is 5.75 Å². The van der Waals surface area contributed by atoms with Gasteiger partial charge in [0, 0.05) is 6.42 Å². The minimum absolute atomic E-state index is 0.355. The van der Waals surface area contributed by atoms with Crippen molar-refractivity contribution in [3.8, 4) is 5.75 Å². The second kappa shape index (κ2) is 6.75. The molecule has 0 radical (unpaired) electrons. The molecule has 0 aliphatic heterocycles. The summed E-state index contributed by atoms with van der Waals surface area (Å²) in [6.45, 7) is 2.09. The second-order valence-corrected chi connectivity index (χ2v) is 4.63. The number of aryl methyl sites for hydroxylation is 1. The van der Waals surface area contributed by atoms with Gasteiger partial charge in [0.25, 0.3) is 0 Å². The molecule has 0 aliphatic carbocycles. The molecule has 1 N–H and O–H groups in total. The molecule has 0 fully saturated rings. The predicted octanol–water partition coefficient (Wildman–Crippen LogP) is 3.32. The normalized spacial score (nSPS) is 11.8. The molecule has 0 amide bonds. The van der Waals surface area contributed by atoms with E-state index < -0.39 is 12.1 Å². The zero-order valence-corrected chi connectivity index (χ0v) is 11.5. The fourth-order valence-corrected chi connectivity index (χ4v) is 1.97. The van der Waals surface area contributed by atoms with Crippen molar-refractivity contribution in [3.63, 3.8) is 0 Å². The molecule has 0 heterocycles. The Morgan fingerprint density at radius 2 is 1.65 bits per heavy atom. The van der Waals surface area contributed by atoms with Gasteiger partial charge >= 0.3 is 5.97 Å². The van der Waals surface area contributed by atoms with E-state index >= 15 is 0 Å². The van der Waals surface area contributed by atoms with Gasteiger partial charge in [-0.25, -0.2) is 4.79 Å². The third-order valence-electron chi connectivity index (χ3n) is 3.15. The van der Waals surface area contributed by atoms with E-state index in [9.17, 15) is 9.90 Å². The molecule has 2 aromatic carbocycles. The first-order valence-corrected chi connectivity index (χ1v) is 6.71. The molecule has 2 rings (SSSR count). The summed E-state index contributed by atoms with van der Waals surface area (Å²) in [5.74, 6) is -0.376. The lowest BCUT2D eigenvalue weighted by Gasteiger charge is -2.15. The van der Waals surface area contributed by atoms with Crippen LogP contribution in [-0.2, 0) is 17.6 Å². The van der Waals surface area contributed by atoms with Crippen LogP contribution in [0.1, 0.15) is 18.1 Å². The van der Waals surface area contributed by atoms with Crippen LogP contribution in [-0.4, -0.2) is 17.2 Å². The lowest BCUT2D eigenvalue weighted by Crippen LogP contribution is -2.29. The first kappa shape index (κ1) is 14.1. The molecule has 0 saturated heterocycles. The van der Waals surface area contributed by atoms with Crippen molar-refractivity contribution in [2.45, 2.75) is 25.9 Å². The number of hydrogen-bond acceptors (Lipinski definition) is 2. The van der Waals surface area contributed by atoms with Gasteiger partial charge in [-0.2, -0.15) is 0 Å². The first-order chi connectivity index (χ1) is 9.69. The van der Waals surface area contributed by atoms with Crippen LogP contribution in [0.3, 0.4) is 0 Å². The van der Waals surface area contributed by atoms with E-state index in [1.807, 2.05) is 42.5 Å². The summed E-state index contributed by atoms with van der Waals surface area (Å²) < 4.78 is 5.54. The third-order valence-corrected chi connectivity index (χ3v) is 3.15. The average Bonchev–Trinajstić information content (AvgIpc) is 2.48. The standard InChI is InChI=1S/C17H18O3/c1-2-13-8-10-14(11-9-13)12-16(17(18)19)20-15-6-4-3-5-7-15/h3-11,16H,2,12H2,1H3,(H,18,19). The summed E-state index contributed by atoms with van der Waals surface area (Å²) in [5, 5.41) is 9.27. The Bertz CT molecular complexity index is 546. The van der Waals surface area contributed by atoms with Gasteiger partial charge < -0.3 is 9.84 Å². The van der Waals surface area contributed by atoms with Gasteiger partial charge in [-0.1, -0.05) is 49.4 Å². The van der Waals surface area contributed by atoms with Crippen molar-refractivity contribution in [3.05, 3.63) is 65.7 Å². The lowest BCUT2D eigenvalue weighted by molar-refractivity contribution is -0.145. The number of carbonyl (C=O) groups is 1. The highest BCUT2D eigenvalue weighted by atomic mass is 16.5. The minimum Gasteiger partial charge on any atom is -0.478 e. The molecule has 104 valence electrons. The molecule has 2 aromatic rings. The molecular weight excluding hydrogens is 252 g/mol. The number of aliphatic carboxylic acids is 1. The minimum atomic E-state index is -0.951. The maximum atomic E-state index is 11.3. The highest BCUT2D eigenvalue weighted by Crippen LogP contribution is 2.15. The highest BCUT2D eigenvalue weighted by molar-refractivity contribution is 5.73. The van der Waals surface area contributed by atoms with E-state index in [-0.39, 0.29) is 0 Å². The highest BCUT2D eigenvalue weighted by Gasteiger charge is 2.19. The first-order valence-electron chi connectivity index (χ1n) is 6.71. The fraction of sp³-hybridized carbons (Fsp3) is 0.235. The van der Waals surface area contributed by atoms with Crippen LogP contribution in [0.5, 0.6) is 5.75 Å². The van der Waals surface area contributed by atoms with Crippen LogP contribution in [0.15, 0.2) is 54.6 Å². The summed E-state index contributed by atoms with van der Waals surface area (Å²) in [4.78, 5) is 11.3. The second-order valence-electron chi connectivity index (χ2n) is 4.63. The Hall–Kier alpha value is -2.29. The monoisotopic (exact) mass is 270 g/mol. The Morgan fingerprint density at radius 1 is 1.05 bits per heavy atom. The van der Waals surface area contributed by atoms with Crippen LogP contribution < -0.4 is 4.74 Å². The van der Waals surface area contributed by atoms with Crippen LogP contribution >= 0.6 is 0 Å². The molecule has 0 aromatic heterocycles. The van der Waals surface area contributed by atoms with Crippen molar-refractivity contribution in [1.82, 2.24) is 0 Å². The van der Waals surface area contributed by atoms with Gasteiger partial charge in [-0.05, 0) is 29.7 Å². The van der Waals surface area contributed by atoms with E-state index in [2.05, 4.69) is 6.92 Å². The molecule has 3 nitrogen and oxygen atoms in total. The zero-order valence-electron chi connectivity index (χ0n) is 11.5. The summed E-state index contributed by atoms with van der Waals surface area (Å²) in [5.41, 5.74) is 2.20. The number of hydrogen-bond donors (Lipinski definition) is 1. The molecule has 1 unspecified atom stereocenters. The molecule has 0 aliphatic rings. The van der Waals surface area contributed by atoms with E-state index in [0.29, 0.717) is 12.2 Å². The van der Waals surface area contributed by atoms with Crippen LogP contribution in [0.4, 0.5) is 0 Å². The number of rotatable bonds is 6. The van der Waals surface area contributed by atoms with Crippen LogP contribution in [0, 0.1) is 0 Å². The molecule has 20 heavy (non-hydrogen) atoms. The molecule has 0 spiro atoms. The van der Waals surface area contributed by atoms with E-state index in [0.717, 1.165) is 12.0 Å². The van der Waals surface area contributed by atoms with E-state index in [1.54, 1.807) is 12.1 Å². The van der Waals surface area contributed by atoms with Gasteiger partial charge in [0.15, 0.2) is 6.10 Å². The molecular formula is C17H18O3. The van der Waals surface area contributed by atoms with Gasteiger partial charge in [-0.3, -0.25) is 0 Å². The van der Waals surface area contributed by atoms with Crippen molar-refractivity contribution in [1.29, 1.82) is 0 Å². The largest absolute Gasteiger partial charge is 0.478 e. The number of benzene rings is 2. The smallest absolute Gasteiger partial charge is 0.345 e. The van der Waals surface area contributed by atoms with Crippen LogP contribution in [0.2, 0.25) is 0 Å². The number of carboxylic acids is 1. The fourth-order valence-electron chi connectivity index (χ4n) is 1.97. The Labute approximate surface area is 118 Å². The zero-order chi connectivity index (χ0) is 14.4. The van der Waals surface area contributed by atoms with Crippen molar-refractivity contribution in [2.75, 3.05) is 0 Å². The third kappa shape index (κ3) is 3.85. The van der Waals surface area contributed by atoms with E-state index in [4.69, 9.17) is 4.74 Å². The predicted molar refractivity (Wildman–Crippen MR) is 78.0 cm³/mol. The van der Waals surface area contributed by atoms with Gasteiger partial charge in [0.2, 0.25) is 0 Å². The molecule has 1 atom stereocenters. The molecule has 0 saturated carbocycles. The number of para-hydroxylation sites is 1. The number of carboxylic acid groups (broad SMARTS) is 1. The SMILES string of the molecule is CCc1ccc(CC(Oc2ccccc2)C(=O)O)cc1.